The fourth-order valence-corrected chi connectivity index (χ4v) is 3.93. The van der Waals surface area contributed by atoms with E-state index in [4.69, 9.17) is 4.42 Å². The maximum Gasteiger partial charge on any atom is 0.240 e. The minimum absolute atomic E-state index is 0.0764. The van der Waals surface area contributed by atoms with Gasteiger partial charge in [-0.3, -0.25) is 4.79 Å². The van der Waals surface area contributed by atoms with Crippen molar-refractivity contribution >= 4 is 21.6 Å². The molecule has 0 spiro atoms. The number of aryl methyl sites for hydroxylation is 2. The Labute approximate surface area is 141 Å². The van der Waals surface area contributed by atoms with Crippen LogP contribution in [0.1, 0.15) is 30.2 Å². The summed E-state index contributed by atoms with van der Waals surface area (Å²) in [6.45, 7) is 4.06. The second kappa shape index (κ2) is 6.41. The molecule has 2 aromatic rings. The number of carbonyl (C=O) groups excluding carboxylic acids is 1. The van der Waals surface area contributed by atoms with E-state index in [9.17, 15) is 13.2 Å². The van der Waals surface area contributed by atoms with Crippen molar-refractivity contribution in [3.8, 4) is 0 Å². The Balaban J connectivity index is 1.87. The van der Waals surface area contributed by atoms with Crippen LogP contribution in [0.2, 0.25) is 0 Å². The summed E-state index contributed by atoms with van der Waals surface area (Å²) in [7, 11) is -3.67. The molecule has 1 amide bonds. The molecular formula is C17H20N2O4S. The number of furan rings is 1. The van der Waals surface area contributed by atoms with Gasteiger partial charge in [0.1, 0.15) is 5.76 Å². The number of sulfonamides is 1. The van der Waals surface area contributed by atoms with E-state index in [0.717, 1.165) is 24.0 Å². The van der Waals surface area contributed by atoms with E-state index < -0.39 is 10.0 Å². The Morgan fingerprint density at radius 3 is 2.79 bits per heavy atom. The van der Waals surface area contributed by atoms with Crippen LogP contribution in [0, 0.1) is 6.92 Å². The van der Waals surface area contributed by atoms with Gasteiger partial charge in [-0.05, 0) is 43.5 Å². The number of rotatable bonds is 4. The number of amides is 1. The third kappa shape index (κ3) is 3.22. The first-order valence-corrected chi connectivity index (χ1v) is 9.30. The van der Waals surface area contributed by atoms with Gasteiger partial charge in [-0.2, -0.15) is 0 Å². The molecule has 0 saturated carbocycles. The van der Waals surface area contributed by atoms with Crippen LogP contribution in [0.25, 0.3) is 0 Å². The molecule has 128 valence electrons. The second-order valence-corrected chi connectivity index (χ2v) is 7.66. The highest BCUT2D eigenvalue weighted by atomic mass is 32.2. The Morgan fingerprint density at radius 1 is 1.33 bits per heavy atom. The number of nitrogens with zero attached hydrogens (tertiary/aromatic N) is 1. The van der Waals surface area contributed by atoms with E-state index in [1.165, 1.54) is 13.2 Å². The molecule has 24 heavy (non-hydrogen) atoms. The largest absolute Gasteiger partial charge is 0.469 e. The van der Waals surface area contributed by atoms with Gasteiger partial charge in [0.05, 0.1) is 11.2 Å². The quantitative estimate of drug-likeness (QED) is 0.920. The third-order valence-corrected chi connectivity index (χ3v) is 5.68. The van der Waals surface area contributed by atoms with Gasteiger partial charge in [0.25, 0.3) is 0 Å². The van der Waals surface area contributed by atoms with Crippen LogP contribution in [0.4, 0.5) is 5.69 Å². The third-order valence-electron chi connectivity index (χ3n) is 4.28. The fourth-order valence-electron chi connectivity index (χ4n) is 2.90. The van der Waals surface area contributed by atoms with Gasteiger partial charge in [-0.1, -0.05) is 6.07 Å². The van der Waals surface area contributed by atoms with Gasteiger partial charge in [-0.25, -0.2) is 13.1 Å². The first-order valence-electron chi connectivity index (χ1n) is 7.82. The zero-order valence-corrected chi connectivity index (χ0v) is 14.5. The van der Waals surface area contributed by atoms with E-state index >= 15 is 0 Å². The Morgan fingerprint density at radius 2 is 2.12 bits per heavy atom. The van der Waals surface area contributed by atoms with Crippen molar-refractivity contribution in [2.24, 2.45) is 0 Å². The molecule has 7 heteroatoms. The molecule has 1 aliphatic heterocycles. The van der Waals surface area contributed by atoms with Gasteiger partial charge >= 0.3 is 0 Å². The van der Waals surface area contributed by atoms with Crippen molar-refractivity contribution < 1.29 is 17.6 Å². The summed E-state index contributed by atoms with van der Waals surface area (Å²) in [6.07, 6.45) is 3.26. The molecule has 0 saturated heterocycles. The molecule has 0 bridgehead atoms. The number of hydrogen-bond acceptors (Lipinski definition) is 4. The molecule has 2 heterocycles. The van der Waals surface area contributed by atoms with E-state index in [2.05, 4.69) is 4.72 Å². The van der Waals surface area contributed by atoms with Crippen LogP contribution in [0.5, 0.6) is 0 Å². The SMILES string of the molecule is CC(=O)N1CCCc2ccc(S(=O)(=O)NCc3ccoc3C)cc21. The highest BCUT2D eigenvalue weighted by Gasteiger charge is 2.23. The second-order valence-electron chi connectivity index (χ2n) is 5.89. The van der Waals surface area contributed by atoms with Crippen LogP contribution in [-0.4, -0.2) is 20.9 Å². The average Bonchev–Trinajstić information content (AvgIpc) is 2.97. The highest BCUT2D eigenvalue weighted by Crippen LogP contribution is 2.30. The van der Waals surface area contributed by atoms with Gasteiger partial charge in [0.15, 0.2) is 0 Å². The number of benzene rings is 1. The summed E-state index contributed by atoms with van der Waals surface area (Å²) in [5.41, 5.74) is 2.49. The highest BCUT2D eigenvalue weighted by molar-refractivity contribution is 7.89. The lowest BCUT2D eigenvalue weighted by molar-refractivity contribution is -0.116. The van der Waals surface area contributed by atoms with Gasteiger partial charge in [-0.15, -0.1) is 0 Å². The molecular weight excluding hydrogens is 328 g/mol. The van der Waals surface area contributed by atoms with Crippen molar-refractivity contribution in [1.29, 1.82) is 0 Å². The number of hydrogen-bond donors (Lipinski definition) is 1. The molecule has 0 atom stereocenters. The first kappa shape index (κ1) is 16.7. The Hall–Kier alpha value is -2.12. The Kier molecular flexibility index (Phi) is 4.47. The number of carbonyl (C=O) groups is 1. The van der Waals surface area contributed by atoms with E-state index in [1.54, 1.807) is 36.1 Å². The molecule has 0 fully saturated rings. The van der Waals surface area contributed by atoms with Crippen LogP contribution in [0.15, 0.2) is 39.8 Å². The first-order chi connectivity index (χ1) is 11.4. The zero-order valence-electron chi connectivity index (χ0n) is 13.7. The topological polar surface area (TPSA) is 79.6 Å². The summed E-state index contributed by atoms with van der Waals surface area (Å²) in [6, 6.07) is 6.71. The molecule has 1 aliphatic rings. The minimum atomic E-state index is -3.67. The number of fused-ring (bicyclic) bond motifs is 1. The minimum Gasteiger partial charge on any atom is -0.469 e. The summed E-state index contributed by atoms with van der Waals surface area (Å²) in [5.74, 6) is 0.610. The van der Waals surface area contributed by atoms with E-state index in [1.807, 2.05) is 0 Å². The van der Waals surface area contributed by atoms with Crippen LogP contribution in [-0.2, 0) is 27.8 Å². The molecule has 6 nitrogen and oxygen atoms in total. The average molecular weight is 348 g/mol. The summed E-state index contributed by atoms with van der Waals surface area (Å²) in [4.78, 5) is 13.6. The summed E-state index contributed by atoms with van der Waals surface area (Å²) >= 11 is 0. The van der Waals surface area contributed by atoms with Gasteiger partial charge < -0.3 is 9.32 Å². The lowest BCUT2D eigenvalue weighted by atomic mass is 10.0. The smallest absolute Gasteiger partial charge is 0.240 e. The standard InChI is InChI=1S/C17H20N2O4S/c1-12-15(7-9-23-12)11-18-24(21,22)16-6-5-14-4-3-8-19(13(2)20)17(14)10-16/h5-7,9-10,18H,3-4,8,11H2,1-2H3. The summed E-state index contributed by atoms with van der Waals surface area (Å²) < 4.78 is 32.9. The Bertz CT molecular complexity index is 870. The summed E-state index contributed by atoms with van der Waals surface area (Å²) in [5, 5.41) is 0. The maximum atomic E-state index is 12.6. The monoisotopic (exact) mass is 348 g/mol. The predicted molar refractivity (Wildman–Crippen MR) is 90.3 cm³/mol. The van der Waals surface area contributed by atoms with Crippen LogP contribution < -0.4 is 9.62 Å². The number of anilines is 1. The van der Waals surface area contributed by atoms with Crippen molar-refractivity contribution in [2.45, 2.75) is 38.1 Å². The lowest BCUT2D eigenvalue weighted by Gasteiger charge is -2.29. The fraction of sp³-hybridized carbons (Fsp3) is 0.353. The molecule has 0 radical (unpaired) electrons. The lowest BCUT2D eigenvalue weighted by Crippen LogP contribution is -2.34. The van der Waals surface area contributed by atoms with Gasteiger partial charge in [0.2, 0.25) is 15.9 Å². The van der Waals surface area contributed by atoms with Crippen LogP contribution >= 0.6 is 0 Å². The van der Waals surface area contributed by atoms with Crippen molar-refractivity contribution in [3.63, 3.8) is 0 Å². The molecule has 0 unspecified atom stereocenters. The molecule has 1 N–H and O–H groups in total. The van der Waals surface area contributed by atoms with E-state index in [0.29, 0.717) is 18.0 Å². The van der Waals surface area contributed by atoms with Crippen LogP contribution in [0.3, 0.4) is 0 Å². The molecule has 3 rings (SSSR count). The maximum absolute atomic E-state index is 12.6. The normalized spacial score (nSPS) is 14.5. The molecule has 0 aliphatic carbocycles. The van der Waals surface area contributed by atoms with Crippen molar-refractivity contribution in [1.82, 2.24) is 4.72 Å². The van der Waals surface area contributed by atoms with Crippen molar-refractivity contribution in [2.75, 3.05) is 11.4 Å². The van der Waals surface area contributed by atoms with Gasteiger partial charge in [0, 0.05) is 31.3 Å². The van der Waals surface area contributed by atoms with Crippen molar-refractivity contribution in [3.05, 3.63) is 47.4 Å². The molecule has 1 aromatic carbocycles. The molecule has 1 aromatic heterocycles. The van der Waals surface area contributed by atoms with E-state index in [-0.39, 0.29) is 17.3 Å². The predicted octanol–water partition coefficient (Wildman–Crippen LogP) is 2.37. The number of nitrogens with one attached hydrogen (secondary N) is 1. The zero-order chi connectivity index (χ0) is 17.3.